The van der Waals surface area contributed by atoms with Crippen molar-refractivity contribution in [2.45, 2.75) is 44.6 Å². The summed E-state index contributed by atoms with van der Waals surface area (Å²) in [5, 5.41) is 9.49. The van der Waals surface area contributed by atoms with E-state index in [4.69, 9.17) is 25.8 Å². The van der Waals surface area contributed by atoms with Crippen molar-refractivity contribution < 1.29 is 19.3 Å². The molecule has 2 rings (SSSR count). The van der Waals surface area contributed by atoms with Crippen LogP contribution in [0.25, 0.3) is 0 Å². The van der Waals surface area contributed by atoms with Crippen LogP contribution in [-0.2, 0) is 14.9 Å². The summed E-state index contributed by atoms with van der Waals surface area (Å²) in [6.45, 7) is 6.11. The second kappa shape index (κ2) is 10.7. The molecule has 1 aromatic carbocycles. The standard InChI is InChI=1S/C22H31ClO4/c1-22(2,17-5-9-20(10-6-17)26-14-4-13-25-3)18-7-11-21(12-8-18)27-16-19(24)15-23/h5,7-9,11-12,19,24H,4,6,10,13-16H2,1-3H3. The molecular formula is C22H31ClO4. The summed E-state index contributed by atoms with van der Waals surface area (Å²) in [4.78, 5) is 0. The molecule has 0 fully saturated rings. The van der Waals surface area contributed by atoms with E-state index in [1.807, 2.05) is 12.1 Å². The van der Waals surface area contributed by atoms with E-state index >= 15 is 0 Å². The molecule has 5 heteroatoms. The Kier molecular flexibility index (Phi) is 8.68. The first-order valence-corrected chi connectivity index (χ1v) is 10.00. The number of rotatable bonds is 11. The third-order valence-electron chi connectivity index (χ3n) is 4.89. The molecule has 1 atom stereocenters. The number of hydrogen-bond acceptors (Lipinski definition) is 4. The van der Waals surface area contributed by atoms with Crippen LogP contribution in [0, 0.1) is 0 Å². The molecule has 0 radical (unpaired) electrons. The van der Waals surface area contributed by atoms with Crippen LogP contribution in [0.3, 0.4) is 0 Å². The number of alkyl halides is 1. The van der Waals surface area contributed by atoms with Crippen molar-refractivity contribution in [2.75, 3.05) is 32.8 Å². The lowest BCUT2D eigenvalue weighted by Gasteiger charge is -2.31. The van der Waals surface area contributed by atoms with Gasteiger partial charge in [0.05, 0.1) is 18.2 Å². The number of aliphatic hydroxyl groups is 1. The molecule has 1 aliphatic rings. The SMILES string of the molecule is COCCCOC1=CC=C(C(C)(C)c2ccc(OCC(O)CCl)cc2)CC1. The van der Waals surface area contributed by atoms with Gasteiger partial charge >= 0.3 is 0 Å². The van der Waals surface area contributed by atoms with Gasteiger partial charge in [0.25, 0.3) is 0 Å². The Balaban J connectivity index is 1.96. The molecular weight excluding hydrogens is 364 g/mol. The highest BCUT2D eigenvalue weighted by atomic mass is 35.5. The summed E-state index contributed by atoms with van der Waals surface area (Å²) in [6.07, 6.45) is 6.47. The fraction of sp³-hybridized carbons (Fsp3) is 0.545. The number of aliphatic hydroxyl groups excluding tert-OH is 1. The Morgan fingerprint density at radius 3 is 2.41 bits per heavy atom. The normalized spacial score (nSPS) is 15.7. The van der Waals surface area contributed by atoms with Crippen LogP contribution < -0.4 is 4.74 Å². The van der Waals surface area contributed by atoms with Gasteiger partial charge in [-0.1, -0.05) is 37.6 Å². The maximum atomic E-state index is 9.49. The smallest absolute Gasteiger partial charge is 0.119 e. The van der Waals surface area contributed by atoms with Crippen LogP contribution in [0.15, 0.2) is 47.7 Å². The van der Waals surface area contributed by atoms with E-state index < -0.39 is 6.10 Å². The first-order valence-electron chi connectivity index (χ1n) is 9.46. The van der Waals surface area contributed by atoms with E-state index in [1.165, 1.54) is 11.1 Å². The molecule has 0 saturated heterocycles. The van der Waals surface area contributed by atoms with Crippen molar-refractivity contribution in [1.29, 1.82) is 0 Å². The molecule has 27 heavy (non-hydrogen) atoms. The third kappa shape index (κ3) is 6.56. The van der Waals surface area contributed by atoms with Crippen molar-refractivity contribution in [3.8, 4) is 5.75 Å². The summed E-state index contributed by atoms with van der Waals surface area (Å²) in [6, 6.07) is 8.07. The predicted octanol–water partition coefficient (Wildman–Crippen LogP) is 4.60. The van der Waals surface area contributed by atoms with Gasteiger partial charge in [0.2, 0.25) is 0 Å². The molecule has 1 N–H and O–H groups in total. The van der Waals surface area contributed by atoms with Gasteiger partial charge in [-0.3, -0.25) is 0 Å². The summed E-state index contributed by atoms with van der Waals surface area (Å²) < 4.78 is 16.4. The van der Waals surface area contributed by atoms with Gasteiger partial charge in [0.1, 0.15) is 18.5 Å². The van der Waals surface area contributed by atoms with Crippen molar-refractivity contribution in [1.82, 2.24) is 0 Å². The van der Waals surface area contributed by atoms with Gasteiger partial charge in [-0.15, -0.1) is 11.6 Å². The molecule has 0 saturated carbocycles. The zero-order valence-corrected chi connectivity index (χ0v) is 17.3. The maximum Gasteiger partial charge on any atom is 0.119 e. The summed E-state index contributed by atoms with van der Waals surface area (Å²) in [5.74, 6) is 1.96. The minimum absolute atomic E-state index is 0.0632. The maximum absolute atomic E-state index is 9.49. The van der Waals surface area contributed by atoms with E-state index in [2.05, 4.69) is 38.1 Å². The van der Waals surface area contributed by atoms with E-state index in [0.717, 1.165) is 37.4 Å². The zero-order chi connectivity index (χ0) is 19.7. The average molecular weight is 395 g/mol. The molecule has 0 bridgehead atoms. The van der Waals surface area contributed by atoms with Gasteiger partial charge in [0, 0.05) is 32.0 Å². The number of benzene rings is 1. The van der Waals surface area contributed by atoms with Crippen molar-refractivity contribution in [2.24, 2.45) is 0 Å². The van der Waals surface area contributed by atoms with Crippen LogP contribution >= 0.6 is 11.6 Å². The van der Waals surface area contributed by atoms with Gasteiger partial charge in [0.15, 0.2) is 0 Å². The lowest BCUT2D eigenvalue weighted by molar-refractivity contribution is 0.125. The molecule has 0 aliphatic heterocycles. The lowest BCUT2D eigenvalue weighted by Crippen LogP contribution is -2.22. The first kappa shape index (κ1) is 21.8. The Morgan fingerprint density at radius 1 is 1.07 bits per heavy atom. The molecule has 0 amide bonds. The highest BCUT2D eigenvalue weighted by Gasteiger charge is 2.26. The Labute approximate surface area is 167 Å². The largest absolute Gasteiger partial charge is 0.498 e. The average Bonchev–Trinajstić information content (AvgIpc) is 2.70. The van der Waals surface area contributed by atoms with E-state index in [0.29, 0.717) is 6.61 Å². The van der Waals surface area contributed by atoms with Gasteiger partial charge in [-0.2, -0.15) is 0 Å². The molecule has 1 unspecified atom stereocenters. The zero-order valence-electron chi connectivity index (χ0n) is 16.5. The second-order valence-corrected chi connectivity index (χ2v) is 7.60. The van der Waals surface area contributed by atoms with Crippen LogP contribution in [0.2, 0.25) is 0 Å². The van der Waals surface area contributed by atoms with E-state index in [-0.39, 0.29) is 17.9 Å². The number of allylic oxidation sites excluding steroid dienone is 4. The van der Waals surface area contributed by atoms with Crippen LogP contribution in [0.5, 0.6) is 5.75 Å². The molecule has 150 valence electrons. The fourth-order valence-corrected chi connectivity index (χ4v) is 3.14. The van der Waals surface area contributed by atoms with Gasteiger partial charge in [-0.05, 0) is 30.2 Å². The van der Waals surface area contributed by atoms with Gasteiger partial charge < -0.3 is 19.3 Å². The Hall–Kier alpha value is -1.49. The Morgan fingerprint density at radius 2 is 1.81 bits per heavy atom. The van der Waals surface area contributed by atoms with E-state index in [9.17, 15) is 5.11 Å². The Bertz CT molecular complexity index is 634. The minimum Gasteiger partial charge on any atom is -0.498 e. The van der Waals surface area contributed by atoms with Crippen molar-refractivity contribution >= 4 is 11.6 Å². The van der Waals surface area contributed by atoms with Crippen molar-refractivity contribution in [3.05, 3.63) is 53.3 Å². The highest BCUT2D eigenvalue weighted by molar-refractivity contribution is 6.18. The topological polar surface area (TPSA) is 47.9 Å². The van der Waals surface area contributed by atoms with Crippen LogP contribution in [0.1, 0.15) is 38.7 Å². The van der Waals surface area contributed by atoms with Gasteiger partial charge in [-0.25, -0.2) is 0 Å². The number of methoxy groups -OCH3 is 1. The highest BCUT2D eigenvalue weighted by Crippen LogP contribution is 2.37. The number of halogens is 1. The molecule has 0 heterocycles. The summed E-state index contributed by atoms with van der Waals surface area (Å²) in [7, 11) is 1.71. The van der Waals surface area contributed by atoms with Crippen LogP contribution in [-0.4, -0.2) is 44.0 Å². The summed E-state index contributed by atoms with van der Waals surface area (Å²) in [5.41, 5.74) is 2.56. The number of hydrogen-bond donors (Lipinski definition) is 1. The summed E-state index contributed by atoms with van der Waals surface area (Å²) >= 11 is 5.59. The monoisotopic (exact) mass is 394 g/mol. The van der Waals surface area contributed by atoms with E-state index in [1.54, 1.807) is 7.11 Å². The van der Waals surface area contributed by atoms with Crippen molar-refractivity contribution in [3.63, 3.8) is 0 Å². The molecule has 0 aromatic heterocycles. The minimum atomic E-state index is -0.645. The van der Waals surface area contributed by atoms with Crippen LogP contribution in [0.4, 0.5) is 0 Å². The second-order valence-electron chi connectivity index (χ2n) is 7.29. The number of ether oxygens (including phenoxy) is 3. The quantitative estimate of drug-likeness (QED) is 0.440. The molecule has 1 aromatic rings. The molecule has 1 aliphatic carbocycles. The first-order chi connectivity index (χ1) is 13.0. The molecule has 4 nitrogen and oxygen atoms in total. The lowest BCUT2D eigenvalue weighted by atomic mass is 9.74. The predicted molar refractivity (Wildman–Crippen MR) is 110 cm³/mol. The molecule has 0 spiro atoms. The third-order valence-corrected chi connectivity index (χ3v) is 5.25. The fourth-order valence-electron chi connectivity index (χ4n) is 3.06.